The largest absolute Gasteiger partial charge is 0.399 e. The van der Waals surface area contributed by atoms with Gasteiger partial charge in [0.2, 0.25) is 5.91 Å². The molecule has 2 N–H and O–H groups in total. The van der Waals surface area contributed by atoms with E-state index in [0.717, 1.165) is 28.1 Å². The summed E-state index contributed by atoms with van der Waals surface area (Å²) in [6.45, 7) is 10.2. The number of carbonyl (C=O) groups is 1. The monoisotopic (exact) mass is 372 g/mol. The molecule has 0 unspecified atom stereocenters. The van der Waals surface area contributed by atoms with Gasteiger partial charge in [0.1, 0.15) is 0 Å². The van der Waals surface area contributed by atoms with Gasteiger partial charge in [-0.25, -0.2) is 0 Å². The Morgan fingerprint density at radius 1 is 1.24 bits per heavy atom. The van der Waals surface area contributed by atoms with Gasteiger partial charge < -0.3 is 10.6 Å². The number of nitrogen functional groups attached to an aromatic ring is 1. The summed E-state index contributed by atoms with van der Waals surface area (Å²) in [6, 6.07) is 5.68. The zero-order chi connectivity index (χ0) is 16.0. The van der Waals surface area contributed by atoms with Crippen LogP contribution < -0.4 is 5.73 Å². The molecule has 0 heterocycles. The molecule has 0 aromatic heterocycles. The zero-order valence-corrected chi connectivity index (χ0v) is 15.6. The van der Waals surface area contributed by atoms with Gasteiger partial charge in [0.05, 0.1) is 5.75 Å². The molecule has 0 aliphatic rings. The second kappa shape index (κ2) is 8.69. The third-order valence-corrected chi connectivity index (χ3v) is 4.81. The van der Waals surface area contributed by atoms with Gasteiger partial charge in [-0.05, 0) is 46.0 Å². The molecule has 0 spiro atoms. The van der Waals surface area contributed by atoms with Gasteiger partial charge in [-0.1, -0.05) is 27.7 Å². The number of hydrogen-bond donors (Lipinski definition) is 1. The number of nitrogens with zero attached hydrogens (tertiary/aromatic N) is 1. The lowest BCUT2D eigenvalue weighted by Gasteiger charge is -2.26. The second-order valence-electron chi connectivity index (χ2n) is 6.06. The molecule has 0 aliphatic heterocycles. The van der Waals surface area contributed by atoms with Crippen LogP contribution in [0.3, 0.4) is 0 Å². The SMILES string of the molecule is CC(C)CN(CC(C)C)C(=O)CSc1ccc(N)cc1Br. The summed E-state index contributed by atoms with van der Waals surface area (Å²) in [4.78, 5) is 15.5. The van der Waals surface area contributed by atoms with Gasteiger partial charge in [-0.2, -0.15) is 0 Å². The molecule has 0 saturated carbocycles. The average molecular weight is 373 g/mol. The van der Waals surface area contributed by atoms with Crippen molar-refractivity contribution in [2.75, 3.05) is 24.6 Å². The summed E-state index contributed by atoms with van der Waals surface area (Å²) in [5.74, 6) is 1.63. The van der Waals surface area contributed by atoms with Gasteiger partial charge in [-0.3, -0.25) is 4.79 Å². The number of amides is 1. The van der Waals surface area contributed by atoms with E-state index < -0.39 is 0 Å². The first-order chi connectivity index (χ1) is 9.79. The molecule has 118 valence electrons. The fraction of sp³-hybridized carbons (Fsp3) is 0.562. The quantitative estimate of drug-likeness (QED) is 0.574. The number of hydrogen-bond acceptors (Lipinski definition) is 3. The summed E-state index contributed by atoms with van der Waals surface area (Å²) < 4.78 is 0.944. The van der Waals surface area contributed by atoms with E-state index >= 15 is 0 Å². The van der Waals surface area contributed by atoms with Crippen molar-refractivity contribution in [3.05, 3.63) is 22.7 Å². The van der Waals surface area contributed by atoms with Crippen molar-refractivity contribution in [2.24, 2.45) is 11.8 Å². The van der Waals surface area contributed by atoms with Crippen LogP contribution >= 0.6 is 27.7 Å². The molecule has 1 aromatic rings. The van der Waals surface area contributed by atoms with Crippen molar-refractivity contribution in [3.63, 3.8) is 0 Å². The number of halogens is 1. The van der Waals surface area contributed by atoms with E-state index in [2.05, 4.69) is 43.6 Å². The lowest BCUT2D eigenvalue weighted by atomic mass is 10.1. The zero-order valence-electron chi connectivity index (χ0n) is 13.2. The Labute approximate surface area is 140 Å². The Bertz CT molecular complexity index is 467. The highest BCUT2D eigenvalue weighted by molar-refractivity contribution is 9.10. The summed E-state index contributed by atoms with van der Waals surface area (Å²) >= 11 is 5.04. The van der Waals surface area contributed by atoms with E-state index in [0.29, 0.717) is 17.6 Å². The Morgan fingerprint density at radius 3 is 2.29 bits per heavy atom. The van der Waals surface area contributed by atoms with Crippen LogP contribution in [0.2, 0.25) is 0 Å². The van der Waals surface area contributed by atoms with Crippen molar-refractivity contribution in [2.45, 2.75) is 32.6 Å². The predicted molar refractivity (Wildman–Crippen MR) is 95.5 cm³/mol. The Kier molecular flexibility index (Phi) is 7.60. The first kappa shape index (κ1) is 18.4. The van der Waals surface area contributed by atoms with Crippen LogP contribution in [0, 0.1) is 11.8 Å². The average Bonchev–Trinajstić information content (AvgIpc) is 2.35. The van der Waals surface area contributed by atoms with Gasteiger partial charge in [-0.15, -0.1) is 11.8 Å². The maximum atomic E-state index is 12.4. The number of benzene rings is 1. The normalized spacial score (nSPS) is 11.2. The highest BCUT2D eigenvalue weighted by Crippen LogP contribution is 2.29. The highest BCUT2D eigenvalue weighted by atomic mass is 79.9. The van der Waals surface area contributed by atoms with E-state index in [1.165, 1.54) is 0 Å². The summed E-state index contributed by atoms with van der Waals surface area (Å²) in [6.07, 6.45) is 0. The number of carbonyl (C=O) groups excluding carboxylic acids is 1. The van der Waals surface area contributed by atoms with Crippen molar-refractivity contribution >= 4 is 39.3 Å². The van der Waals surface area contributed by atoms with Crippen LogP contribution in [0.1, 0.15) is 27.7 Å². The van der Waals surface area contributed by atoms with E-state index in [1.807, 2.05) is 23.1 Å². The number of rotatable bonds is 7. The first-order valence-electron chi connectivity index (χ1n) is 7.25. The molecule has 1 amide bonds. The highest BCUT2D eigenvalue weighted by Gasteiger charge is 2.16. The smallest absolute Gasteiger partial charge is 0.232 e. The van der Waals surface area contributed by atoms with Crippen molar-refractivity contribution in [1.82, 2.24) is 4.90 Å². The molecule has 0 fully saturated rings. The van der Waals surface area contributed by atoms with Gasteiger partial charge in [0.25, 0.3) is 0 Å². The van der Waals surface area contributed by atoms with Gasteiger partial charge in [0, 0.05) is 28.1 Å². The Hall–Kier alpha value is -0.680. The predicted octanol–water partition coefficient (Wildman–Crippen LogP) is 4.26. The third-order valence-electron chi connectivity index (χ3n) is 2.83. The summed E-state index contributed by atoms with van der Waals surface area (Å²) in [7, 11) is 0. The maximum absolute atomic E-state index is 12.4. The molecular formula is C16H25BrN2OS. The topological polar surface area (TPSA) is 46.3 Å². The minimum Gasteiger partial charge on any atom is -0.399 e. The van der Waals surface area contributed by atoms with Crippen molar-refractivity contribution in [1.29, 1.82) is 0 Å². The number of thioether (sulfide) groups is 1. The van der Waals surface area contributed by atoms with Crippen LogP contribution in [0.4, 0.5) is 5.69 Å². The van der Waals surface area contributed by atoms with Crippen molar-refractivity contribution < 1.29 is 4.79 Å². The van der Waals surface area contributed by atoms with E-state index in [-0.39, 0.29) is 5.91 Å². The molecule has 1 rings (SSSR count). The Balaban J connectivity index is 2.64. The fourth-order valence-electron chi connectivity index (χ4n) is 2.02. The minimum absolute atomic E-state index is 0.200. The molecule has 21 heavy (non-hydrogen) atoms. The molecule has 0 saturated heterocycles. The molecule has 0 bridgehead atoms. The first-order valence-corrected chi connectivity index (χ1v) is 9.03. The fourth-order valence-corrected chi connectivity index (χ4v) is 3.59. The molecule has 1 aromatic carbocycles. The maximum Gasteiger partial charge on any atom is 0.232 e. The summed E-state index contributed by atoms with van der Waals surface area (Å²) in [5.41, 5.74) is 6.45. The molecule has 0 radical (unpaired) electrons. The van der Waals surface area contributed by atoms with Gasteiger partial charge in [0.15, 0.2) is 0 Å². The number of nitrogens with two attached hydrogens (primary N) is 1. The van der Waals surface area contributed by atoms with E-state index in [4.69, 9.17) is 5.73 Å². The molecule has 0 atom stereocenters. The van der Waals surface area contributed by atoms with Crippen LogP contribution in [-0.4, -0.2) is 29.6 Å². The molecule has 3 nitrogen and oxygen atoms in total. The minimum atomic E-state index is 0.200. The molecular weight excluding hydrogens is 348 g/mol. The van der Waals surface area contributed by atoms with Crippen molar-refractivity contribution in [3.8, 4) is 0 Å². The standard InChI is InChI=1S/C16H25BrN2OS/c1-11(2)8-19(9-12(3)4)16(20)10-21-15-6-5-13(18)7-14(15)17/h5-7,11-12H,8-10,18H2,1-4H3. The second-order valence-corrected chi connectivity index (χ2v) is 7.94. The Morgan fingerprint density at radius 2 is 1.81 bits per heavy atom. The van der Waals surface area contributed by atoms with E-state index in [9.17, 15) is 4.79 Å². The van der Waals surface area contributed by atoms with E-state index in [1.54, 1.807) is 11.8 Å². The lowest BCUT2D eigenvalue weighted by molar-refractivity contribution is -0.129. The lowest BCUT2D eigenvalue weighted by Crippen LogP contribution is -2.38. The van der Waals surface area contributed by atoms with Gasteiger partial charge >= 0.3 is 0 Å². The van der Waals surface area contributed by atoms with Crippen LogP contribution in [0.5, 0.6) is 0 Å². The molecule has 0 aliphatic carbocycles. The van der Waals surface area contributed by atoms with Crippen LogP contribution in [0.15, 0.2) is 27.6 Å². The van der Waals surface area contributed by atoms with Crippen LogP contribution in [0.25, 0.3) is 0 Å². The summed E-state index contributed by atoms with van der Waals surface area (Å²) in [5, 5.41) is 0. The van der Waals surface area contributed by atoms with Crippen LogP contribution in [-0.2, 0) is 4.79 Å². The number of anilines is 1. The molecule has 5 heteroatoms. The third kappa shape index (κ3) is 6.74.